The first-order valence-electron chi connectivity index (χ1n) is 5.32. The number of anilines is 2. The van der Waals surface area contributed by atoms with Gasteiger partial charge in [-0.05, 0) is 30.7 Å². The van der Waals surface area contributed by atoms with Gasteiger partial charge in [-0.1, -0.05) is 0 Å². The van der Waals surface area contributed by atoms with Crippen molar-refractivity contribution in [1.82, 2.24) is 0 Å². The predicted octanol–water partition coefficient (Wildman–Crippen LogP) is 1.51. The fourth-order valence-electron chi connectivity index (χ4n) is 1.32. The summed E-state index contributed by atoms with van der Waals surface area (Å²) in [5.74, 6) is 0. The lowest BCUT2D eigenvalue weighted by Gasteiger charge is -2.08. The molecule has 0 aromatic heterocycles. The molecule has 17 heavy (non-hydrogen) atoms. The molecular weight excluding hydrogens is 240 g/mol. The van der Waals surface area contributed by atoms with Gasteiger partial charge in [0, 0.05) is 31.6 Å². The Bertz CT molecular complexity index is 429. The number of hydrogen-bond donors (Lipinski definition) is 2. The van der Waals surface area contributed by atoms with Gasteiger partial charge in [0.2, 0.25) is 10.0 Å². The Hall–Kier alpha value is -1.27. The van der Waals surface area contributed by atoms with Gasteiger partial charge in [0.1, 0.15) is 0 Å². The zero-order chi connectivity index (χ0) is 12.7. The maximum absolute atomic E-state index is 11.0. The van der Waals surface area contributed by atoms with Crippen LogP contribution in [0.2, 0.25) is 0 Å². The first kappa shape index (κ1) is 13.8. The van der Waals surface area contributed by atoms with E-state index in [1.165, 1.54) is 0 Å². The van der Waals surface area contributed by atoms with Crippen molar-refractivity contribution in [1.29, 1.82) is 0 Å². The average molecular weight is 258 g/mol. The molecule has 0 unspecified atom stereocenters. The molecule has 6 heteroatoms. The van der Waals surface area contributed by atoms with Gasteiger partial charge in [0.25, 0.3) is 0 Å². The van der Waals surface area contributed by atoms with Crippen molar-refractivity contribution >= 4 is 21.4 Å². The van der Waals surface area contributed by atoms with Crippen LogP contribution in [-0.2, 0) is 14.8 Å². The Morgan fingerprint density at radius 2 is 1.76 bits per heavy atom. The van der Waals surface area contributed by atoms with Crippen molar-refractivity contribution in [3.63, 3.8) is 0 Å². The number of sulfonamides is 1. The summed E-state index contributed by atoms with van der Waals surface area (Å²) in [6.07, 6.45) is 2.06. The highest BCUT2D eigenvalue weighted by molar-refractivity contribution is 7.92. The molecule has 0 bridgehead atoms. The van der Waals surface area contributed by atoms with Crippen LogP contribution in [0.3, 0.4) is 0 Å². The van der Waals surface area contributed by atoms with Gasteiger partial charge in [-0.15, -0.1) is 0 Å². The van der Waals surface area contributed by atoms with E-state index >= 15 is 0 Å². The quantitative estimate of drug-likeness (QED) is 0.727. The van der Waals surface area contributed by atoms with E-state index in [2.05, 4.69) is 10.0 Å². The molecule has 0 aliphatic rings. The van der Waals surface area contributed by atoms with Crippen LogP contribution in [0.1, 0.15) is 6.42 Å². The molecule has 0 aliphatic heterocycles. The van der Waals surface area contributed by atoms with Gasteiger partial charge in [0.05, 0.1) is 6.26 Å². The Labute approximate surface area is 102 Å². The molecule has 1 aromatic rings. The Balaban J connectivity index is 2.45. The summed E-state index contributed by atoms with van der Waals surface area (Å²) in [6.45, 7) is 1.55. The molecule has 0 saturated heterocycles. The molecule has 0 aliphatic carbocycles. The third kappa shape index (κ3) is 6.13. The summed E-state index contributed by atoms with van der Waals surface area (Å²) in [7, 11) is -1.53. The number of rotatable bonds is 7. The number of benzene rings is 1. The fourth-order valence-corrected chi connectivity index (χ4v) is 1.88. The highest BCUT2D eigenvalue weighted by Crippen LogP contribution is 2.14. The minimum Gasteiger partial charge on any atom is -0.385 e. The Kier molecular flexibility index (Phi) is 5.24. The normalized spacial score (nSPS) is 11.2. The van der Waals surface area contributed by atoms with Crippen LogP contribution in [-0.4, -0.2) is 34.9 Å². The monoisotopic (exact) mass is 258 g/mol. The second-order valence-electron chi connectivity index (χ2n) is 3.72. The molecule has 0 spiro atoms. The van der Waals surface area contributed by atoms with E-state index in [1.54, 1.807) is 19.2 Å². The molecule has 2 N–H and O–H groups in total. The van der Waals surface area contributed by atoms with Crippen molar-refractivity contribution in [3.05, 3.63) is 24.3 Å². The smallest absolute Gasteiger partial charge is 0.229 e. The van der Waals surface area contributed by atoms with Crippen LogP contribution in [0, 0.1) is 0 Å². The van der Waals surface area contributed by atoms with Gasteiger partial charge in [-0.2, -0.15) is 0 Å². The van der Waals surface area contributed by atoms with E-state index in [-0.39, 0.29) is 0 Å². The minimum absolute atomic E-state index is 0.565. The second kappa shape index (κ2) is 6.46. The van der Waals surface area contributed by atoms with E-state index in [0.29, 0.717) is 5.69 Å². The zero-order valence-corrected chi connectivity index (χ0v) is 10.9. The summed E-state index contributed by atoms with van der Waals surface area (Å²) < 4.78 is 29.3. The van der Waals surface area contributed by atoms with Crippen LogP contribution in [0.5, 0.6) is 0 Å². The van der Waals surface area contributed by atoms with Crippen molar-refractivity contribution < 1.29 is 13.2 Å². The third-order valence-corrected chi connectivity index (χ3v) is 2.65. The standard InChI is InChI=1S/C11H18N2O3S/c1-16-9-3-8-12-10-4-6-11(7-5-10)13-17(2,14)15/h4-7,12-13H,3,8-9H2,1-2H3. The summed E-state index contributed by atoms with van der Waals surface area (Å²) in [4.78, 5) is 0. The van der Waals surface area contributed by atoms with Gasteiger partial charge >= 0.3 is 0 Å². The maximum atomic E-state index is 11.0. The molecule has 0 heterocycles. The Morgan fingerprint density at radius 1 is 1.18 bits per heavy atom. The molecule has 0 amide bonds. The first-order valence-corrected chi connectivity index (χ1v) is 7.21. The second-order valence-corrected chi connectivity index (χ2v) is 5.47. The fraction of sp³-hybridized carbons (Fsp3) is 0.455. The molecule has 1 rings (SSSR count). The summed E-state index contributed by atoms with van der Waals surface area (Å²) in [5, 5.41) is 3.21. The predicted molar refractivity (Wildman–Crippen MR) is 69.9 cm³/mol. The van der Waals surface area contributed by atoms with Crippen molar-refractivity contribution in [2.75, 3.05) is 36.6 Å². The van der Waals surface area contributed by atoms with Gasteiger partial charge in [-0.3, -0.25) is 4.72 Å². The molecule has 96 valence electrons. The highest BCUT2D eigenvalue weighted by atomic mass is 32.2. The lowest BCUT2D eigenvalue weighted by molar-refractivity contribution is 0.198. The van der Waals surface area contributed by atoms with Crippen LogP contribution in [0.15, 0.2) is 24.3 Å². The number of ether oxygens (including phenoxy) is 1. The number of nitrogens with one attached hydrogen (secondary N) is 2. The topological polar surface area (TPSA) is 67.4 Å². The van der Waals surface area contributed by atoms with Gasteiger partial charge in [-0.25, -0.2) is 8.42 Å². The lowest BCUT2D eigenvalue weighted by atomic mass is 10.3. The largest absolute Gasteiger partial charge is 0.385 e. The minimum atomic E-state index is -3.20. The highest BCUT2D eigenvalue weighted by Gasteiger charge is 2.00. The summed E-state index contributed by atoms with van der Waals surface area (Å²) >= 11 is 0. The van der Waals surface area contributed by atoms with E-state index in [1.807, 2.05) is 12.1 Å². The van der Waals surface area contributed by atoms with Crippen LogP contribution in [0.4, 0.5) is 11.4 Å². The van der Waals surface area contributed by atoms with Crippen molar-refractivity contribution in [2.45, 2.75) is 6.42 Å². The van der Waals surface area contributed by atoms with E-state index in [0.717, 1.165) is 31.5 Å². The summed E-state index contributed by atoms with van der Waals surface area (Å²) in [6, 6.07) is 7.11. The Morgan fingerprint density at radius 3 is 2.29 bits per heavy atom. The summed E-state index contributed by atoms with van der Waals surface area (Å²) in [5.41, 5.74) is 1.52. The van der Waals surface area contributed by atoms with Crippen LogP contribution >= 0.6 is 0 Å². The molecule has 0 atom stereocenters. The molecule has 1 aromatic carbocycles. The number of hydrogen-bond acceptors (Lipinski definition) is 4. The third-order valence-electron chi connectivity index (χ3n) is 2.04. The van der Waals surface area contributed by atoms with E-state index in [4.69, 9.17) is 4.74 Å². The maximum Gasteiger partial charge on any atom is 0.229 e. The first-order chi connectivity index (χ1) is 8.01. The molecule has 0 saturated carbocycles. The molecule has 0 fully saturated rings. The van der Waals surface area contributed by atoms with Crippen LogP contribution in [0.25, 0.3) is 0 Å². The molecule has 5 nitrogen and oxygen atoms in total. The average Bonchev–Trinajstić information content (AvgIpc) is 2.25. The van der Waals surface area contributed by atoms with Crippen molar-refractivity contribution in [2.24, 2.45) is 0 Å². The van der Waals surface area contributed by atoms with Gasteiger partial charge in [0.15, 0.2) is 0 Å². The SMILES string of the molecule is COCCCNc1ccc(NS(C)(=O)=O)cc1. The van der Waals surface area contributed by atoms with Crippen molar-refractivity contribution in [3.8, 4) is 0 Å². The zero-order valence-electron chi connectivity index (χ0n) is 10.1. The van der Waals surface area contributed by atoms with Crippen LogP contribution < -0.4 is 10.0 Å². The lowest BCUT2D eigenvalue weighted by Crippen LogP contribution is -2.09. The molecular formula is C11H18N2O3S. The molecule has 0 radical (unpaired) electrons. The van der Waals surface area contributed by atoms with E-state index in [9.17, 15) is 8.42 Å². The van der Waals surface area contributed by atoms with E-state index < -0.39 is 10.0 Å². The van der Waals surface area contributed by atoms with Gasteiger partial charge < -0.3 is 10.1 Å². The number of methoxy groups -OCH3 is 1.